The van der Waals surface area contributed by atoms with Gasteiger partial charge in [0.1, 0.15) is 5.75 Å². The number of carbonyl (C=O) groups is 1. The summed E-state index contributed by atoms with van der Waals surface area (Å²) in [5.41, 5.74) is 6.28. The van der Waals surface area contributed by atoms with Crippen LogP contribution in [-0.2, 0) is 5.41 Å². The molecule has 0 N–H and O–H groups in total. The number of fused-ring (bicyclic) bond motifs is 3. The molecule has 2 aliphatic rings. The molecule has 0 fully saturated rings. The molecular formula is C40H35NO2. The van der Waals surface area contributed by atoms with Crippen LogP contribution in [0.4, 0.5) is 5.69 Å². The second-order valence-corrected chi connectivity index (χ2v) is 12.1. The molecule has 3 nitrogen and oxygen atoms in total. The molecule has 1 heterocycles. The van der Waals surface area contributed by atoms with E-state index in [4.69, 9.17) is 4.74 Å². The highest BCUT2D eigenvalue weighted by atomic mass is 16.5. The molecule has 0 bridgehead atoms. The maximum atomic E-state index is 15.0. The van der Waals surface area contributed by atoms with Crippen LogP contribution in [0, 0.1) is 5.92 Å². The first-order valence-electron chi connectivity index (χ1n) is 14.9. The first kappa shape index (κ1) is 27.0. The molecule has 2 atom stereocenters. The summed E-state index contributed by atoms with van der Waals surface area (Å²) in [7, 11) is 3.86. The van der Waals surface area contributed by atoms with Crippen LogP contribution in [0.25, 0.3) is 21.9 Å². The normalized spacial score (nSPS) is 20.5. The molecule has 7 rings (SSSR count). The molecule has 0 radical (unpaired) electrons. The van der Waals surface area contributed by atoms with E-state index in [1.165, 1.54) is 22.0 Å². The third-order valence-electron chi connectivity index (χ3n) is 9.75. The van der Waals surface area contributed by atoms with Crippen LogP contribution in [0.1, 0.15) is 40.9 Å². The third-order valence-corrected chi connectivity index (χ3v) is 9.75. The van der Waals surface area contributed by atoms with Crippen LogP contribution in [0.2, 0.25) is 0 Å². The Hall–Kier alpha value is -4.89. The fraction of sp³-hybridized carbons (Fsp3) is 0.175. The van der Waals surface area contributed by atoms with E-state index in [0.29, 0.717) is 5.56 Å². The number of likely N-dealkylation sites (N-methyl/N-ethyl adjacent to an activating group) is 1. The van der Waals surface area contributed by atoms with Crippen molar-refractivity contribution in [3.8, 4) is 5.75 Å². The van der Waals surface area contributed by atoms with Crippen molar-refractivity contribution in [2.45, 2.75) is 24.8 Å². The molecule has 0 amide bonds. The lowest BCUT2D eigenvalue weighted by atomic mass is 9.57. The molecule has 0 saturated heterocycles. The largest absolute Gasteiger partial charge is 0.497 e. The summed E-state index contributed by atoms with van der Waals surface area (Å²) in [5.74, 6) is 0.418. The van der Waals surface area contributed by atoms with Crippen LogP contribution in [-0.4, -0.2) is 25.5 Å². The number of ketones is 1. The molecule has 1 aliphatic carbocycles. The maximum absolute atomic E-state index is 15.0. The van der Waals surface area contributed by atoms with Gasteiger partial charge in [0.15, 0.2) is 5.78 Å². The van der Waals surface area contributed by atoms with Gasteiger partial charge >= 0.3 is 0 Å². The fourth-order valence-electron chi connectivity index (χ4n) is 7.56. The standard InChI is InChI=1S/C40H35NO2/c1-39(2)35-24-21-28-15-11-12-18-33(28)37(35)41(3)40(39)26-31(27-13-7-5-8-14-27)25-34(29-19-22-32(43-4)23-20-29)36(40)38(42)30-16-9-6-10-17-30/h5-26,36H,1-4H3/t36-,40-/m1/s1. The summed E-state index contributed by atoms with van der Waals surface area (Å²) in [5, 5.41) is 2.40. The predicted octanol–water partition coefficient (Wildman–Crippen LogP) is 8.99. The molecule has 0 aromatic heterocycles. The number of rotatable bonds is 5. The number of methoxy groups -OCH3 is 1. The Morgan fingerprint density at radius 2 is 1.40 bits per heavy atom. The zero-order valence-electron chi connectivity index (χ0n) is 25.0. The first-order chi connectivity index (χ1) is 20.9. The lowest BCUT2D eigenvalue weighted by Crippen LogP contribution is -2.61. The van der Waals surface area contributed by atoms with Crippen LogP contribution in [0.3, 0.4) is 0 Å². The van der Waals surface area contributed by atoms with Crippen LogP contribution >= 0.6 is 0 Å². The summed E-state index contributed by atoms with van der Waals surface area (Å²) in [6.45, 7) is 4.62. The highest BCUT2D eigenvalue weighted by molar-refractivity contribution is 6.11. The number of carbonyl (C=O) groups excluding carboxylic acids is 1. The van der Waals surface area contributed by atoms with Gasteiger partial charge in [-0.2, -0.15) is 0 Å². The van der Waals surface area contributed by atoms with Gasteiger partial charge in [0.2, 0.25) is 0 Å². The number of hydrogen-bond acceptors (Lipinski definition) is 3. The van der Waals surface area contributed by atoms with Gasteiger partial charge in [-0.15, -0.1) is 0 Å². The highest BCUT2D eigenvalue weighted by Gasteiger charge is 2.62. The van der Waals surface area contributed by atoms with Crippen molar-refractivity contribution in [3.05, 3.63) is 156 Å². The van der Waals surface area contributed by atoms with Gasteiger partial charge in [-0.05, 0) is 57.5 Å². The van der Waals surface area contributed by atoms with Crippen molar-refractivity contribution < 1.29 is 9.53 Å². The zero-order valence-corrected chi connectivity index (χ0v) is 25.0. The second-order valence-electron chi connectivity index (χ2n) is 12.1. The smallest absolute Gasteiger partial charge is 0.173 e. The molecule has 212 valence electrons. The van der Waals surface area contributed by atoms with Gasteiger partial charge in [0.25, 0.3) is 0 Å². The summed E-state index contributed by atoms with van der Waals surface area (Å²) >= 11 is 0. The minimum Gasteiger partial charge on any atom is -0.497 e. The van der Waals surface area contributed by atoms with Crippen LogP contribution in [0.15, 0.2) is 133 Å². The number of ether oxygens (including phenoxy) is 1. The maximum Gasteiger partial charge on any atom is 0.173 e. The van der Waals surface area contributed by atoms with E-state index >= 15 is 4.79 Å². The summed E-state index contributed by atoms with van der Waals surface area (Å²) in [6.07, 6.45) is 4.62. The molecule has 1 spiro atoms. The number of benzene rings is 5. The SMILES string of the molecule is COc1ccc(C2=CC(c3ccccc3)=C[C@]3([C@H]2C(=O)c2ccccc2)N(C)c2c(ccc4ccccc24)C3(C)C)cc1. The quantitative estimate of drug-likeness (QED) is 0.201. The minimum absolute atomic E-state index is 0.114. The summed E-state index contributed by atoms with van der Waals surface area (Å²) < 4.78 is 5.51. The van der Waals surface area contributed by atoms with Crippen LogP contribution < -0.4 is 9.64 Å². The molecule has 0 saturated carbocycles. The Labute approximate surface area is 253 Å². The Balaban J connectivity index is 1.56. The van der Waals surface area contributed by atoms with Crippen molar-refractivity contribution in [1.82, 2.24) is 0 Å². The number of Topliss-reactive ketones (excluding diaryl/α,β-unsaturated/α-hetero) is 1. The Morgan fingerprint density at radius 3 is 2.09 bits per heavy atom. The van der Waals surface area contributed by atoms with Crippen molar-refractivity contribution in [2.24, 2.45) is 5.92 Å². The summed E-state index contributed by atoms with van der Waals surface area (Å²) in [4.78, 5) is 17.4. The van der Waals surface area contributed by atoms with Gasteiger partial charge in [-0.3, -0.25) is 4.79 Å². The second kappa shape index (κ2) is 10.1. The van der Waals surface area contributed by atoms with Crippen molar-refractivity contribution in [2.75, 3.05) is 19.1 Å². The Kier molecular flexibility index (Phi) is 6.36. The lowest BCUT2D eigenvalue weighted by Gasteiger charge is -2.52. The Bertz CT molecular complexity index is 1900. The van der Waals surface area contributed by atoms with E-state index in [9.17, 15) is 0 Å². The van der Waals surface area contributed by atoms with Gasteiger partial charge in [-0.25, -0.2) is 0 Å². The molecule has 0 unspecified atom stereocenters. The zero-order chi connectivity index (χ0) is 29.8. The number of hydrogen-bond donors (Lipinski definition) is 0. The van der Waals surface area contributed by atoms with E-state index < -0.39 is 16.9 Å². The highest BCUT2D eigenvalue weighted by Crippen LogP contribution is 2.61. The predicted molar refractivity (Wildman–Crippen MR) is 178 cm³/mol. The molecule has 5 aromatic carbocycles. The summed E-state index contributed by atoms with van der Waals surface area (Å²) in [6, 6.07) is 41.5. The van der Waals surface area contributed by atoms with E-state index in [1.54, 1.807) is 7.11 Å². The monoisotopic (exact) mass is 561 g/mol. The average molecular weight is 562 g/mol. The van der Waals surface area contributed by atoms with Gasteiger partial charge < -0.3 is 9.64 Å². The average Bonchev–Trinajstić information content (AvgIpc) is 3.23. The number of nitrogens with zero attached hydrogens (tertiary/aromatic N) is 1. The number of allylic oxidation sites excluding steroid dienone is 2. The van der Waals surface area contributed by atoms with Gasteiger partial charge in [0, 0.05) is 29.1 Å². The van der Waals surface area contributed by atoms with E-state index in [-0.39, 0.29) is 5.78 Å². The van der Waals surface area contributed by atoms with Gasteiger partial charge in [0.05, 0.1) is 18.6 Å². The molecule has 3 heteroatoms. The van der Waals surface area contributed by atoms with Crippen molar-refractivity contribution >= 4 is 33.4 Å². The Morgan fingerprint density at radius 1 is 0.744 bits per heavy atom. The van der Waals surface area contributed by atoms with Gasteiger partial charge in [-0.1, -0.05) is 123 Å². The molecule has 43 heavy (non-hydrogen) atoms. The van der Waals surface area contributed by atoms with E-state index in [2.05, 4.69) is 111 Å². The van der Waals surface area contributed by atoms with Crippen molar-refractivity contribution in [3.63, 3.8) is 0 Å². The first-order valence-corrected chi connectivity index (χ1v) is 14.9. The van der Waals surface area contributed by atoms with Crippen molar-refractivity contribution in [1.29, 1.82) is 0 Å². The minimum atomic E-state index is -0.707. The lowest BCUT2D eigenvalue weighted by molar-refractivity contribution is 0.0885. The van der Waals surface area contributed by atoms with E-state index in [0.717, 1.165) is 28.0 Å². The van der Waals surface area contributed by atoms with E-state index in [1.807, 2.05) is 48.5 Å². The topological polar surface area (TPSA) is 29.5 Å². The van der Waals surface area contributed by atoms with Crippen LogP contribution in [0.5, 0.6) is 5.75 Å². The molecular weight excluding hydrogens is 526 g/mol. The number of anilines is 1. The fourth-order valence-corrected chi connectivity index (χ4v) is 7.56. The molecule has 1 aliphatic heterocycles. The third kappa shape index (κ3) is 3.99. The molecule has 5 aromatic rings.